The molecule has 70 valence electrons. The van der Waals surface area contributed by atoms with Crippen molar-refractivity contribution in [3.05, 3.63) is 27.7 Å². The summed E-state index contributed by atoms with van der Waals surface area (Å²) in [5.74, 6) is 1.04. The van der Waals surface area contributed by atoms with Crippen LogP contribution in [0.5, 0.6) is 5.75 Å². The van der Waals surface area contributed by atoms with E-state index in [0.717, 1.165) is 16.5 Å². The van der Waals surface area contributed by atoms with Gasteiger partial charge in [0, 0.05) is 4.47 Å². The molecule has 0 saturated carbocycles. The van der Waals surface area contributed by atoms with E-state index in [1.54, 1.807) is 6.07 Å². The highest BCUT2D eigenvalue weighted by molar-refractivity contribution is 9.10. The summed E-state index contributed by atoms with van der Waals surface area (Å²) < 4.78 is 0.984. The predicted octanol–water partition coefficient (Wildman–Crippen LogP) is 3.59. The summed E-state index contributed by atoms with van der Waals surface area (Å²) in [6.07, 6.45) is 3.46. The molecule has 1 atom stereocenters. The smallest absolute Gasteiger partial charge is 0.120 e. The Hall–Kier alpha value is -0.500. The van der Waals surface area contributed by atoms with Gasteiger partial charge in [0.2, 0.25) is 0 Å². The fraction of sp³-hybridized carbons (Fsp3) is 0.455. The van der Waals surface area contributed by atoms with E-state index in [-0.39, 0.29) is 0 Å². The van der Waals surface area contributed by atoms with Gasteiger partial charge in [-0.05, 0) is 48.4 Å². The number of fused-ring (bicyclic) bond motifs is 1. The number of phenols is 1. The largest absolute Gasteiger partial charge is 0.508 e. The summed E-state index contributed by atoms with van der Waals surface area (Å²) >= 11 is 3.41. The molecule has 2 rings (SSSR count). The fourth-order valence-corrected chi connectivity index (χ4v) is 2.56. The molecule has 1 N–H and O–H groups in total. The lowest BCUT2D eigenvalue weighted by molar-refractivity contribution is 0.456. The molecule has 0 radical (unpaired) electrons. The van der Waals surface area contributed by atoms with Crippen molar-refractivity contribution in [2.45, 2.75) is 32.1 Å². The van der Waals surface area contributed by atoms with Crippen molar-refractivity contribution >= 4 is 15.9 Å². The van der Waals surface area contributed by atoms with Crippen LogP contribution in [0.15, 0.2) is 16.6 Å². The highest BCUT2D eigenvalue weighted by Crippen LogP contribution is 2.37. The number of benzene rings is 1. The lowest BCUT2D eigenvalue weighted by Crippen LogP contribution is -2.06. The third-order valence-electron chi connectivity index (χ3n) is 2.82. The summed E-state index contributed by atoms with van der Waals surface area (Å²) in [6, 6.07) is 3.93. The SMILES string of the molecule is CC1CCCc2c(O)cc(Br)cc21. The van der Waals surface area contributed by atoms with Crippen LogP contribution in [0.2, 0.25) is 0 Å². The van der Waals surface area contributed by atoms with Crippen LogP contribution in [0, 0.1) is 0 Å². The van der Waals surface area contributed by atoms with Crippen molar-refractivity contribution < 1.29 is 5.11 Å². The van der Waals surface area contributed by atoms with Crippen molar-refractivity contribution in [3.63, 3.8) is 0 Å². The number of halogens is 1. The lowest BCUT2D eigenvalue weighted by Gasteiger charge is -2.23. The van der Waals surface area contributed by atoms with Crippen LogP contribution in [-0.4, -0.2) is 5.11 Å². The minimum Gasteiger partial charge on any atom is -0.508 e. The van der Waals surface area contributed by atoms with Gasteiger partial charge in [0.1, 0.15) is 5.75 Å². The fourth-order valence-electron chi connectivity index (χ4n) is 2.10. The van der Waals surface area contributed by atoms with Crippen LogP contribution in [0.4, 0.5) is 0 Å². The normalized spacial score (nSPS) is 21.2. The third-order valence-corrected chi connectivity index (χ3v) is 3.28. The maximum absolute atomic E-state index is 9.72. The maximum Gasteiger partial charge on any atom is 0.120 e. The molecular formula is C11H13BrO. The van der Waals surface area contributed by atoms with Gasteiger partial charge in [-0.2, -0.15) is 0 Å². The van der Waals surface area contributed by atoms with E-state index in [4.69, 9.17) is 0 Å². The maximum atomic E-state index is 9.72. The van der Waals surface area contributed by atoms with Crippen LogP contribution in [0.3, 0.4) is 0 Å². The van der Waals surface area contributed by atoms with Gasteiger partial charge in [-0.15, -0.1) is 0 Å². The van der Waals surface area contributed by atoms with Crippen LogP contribution in [-0.2, 0) is 6.42 Å². The van der Waals surface area contributed by atoms with Crippen LogP contribution in [0.25, 0.3) is 0 Å². The number of rotatable bonds is 0. The molecule has 0 heterocycles. The zero-order chi connectivity index (χ0) is 9.42. The summed E-state index contributed by atoms with van der Waals surface area (Å²) in [5.41, 5.74) is 2.47. The molecule has 0 aliphatic heterocycles. The van der Waals surface area contributed by atoms with E-state index < -0.39 is 0 Å². The Kier molecular flexibility index (Phi) is 2.33. The van der Waals surface area contributed by atoms with Crippen LogP contribution < -0.4 is 0 Å². The molecule has 0 amide bonds. The van der Waals surface area contributed by atoms with E-state index in [0.29, 0.717) is 11.7 Å². The molecule has 1 nitrogen and oxygen atoms in total. The van der Waals surface area contributed by atoms with Gasteiger partial charge in [-0.25, -0.2) is 0 Å². The van der Waals surface area contributed by atoms with E-state index in [9.17, 15) is 5.11 Å². The zero-order valence-corrected chi connectivity index (χ0v) is 9.26. The molecule has 1 unspecified atom stereocenters. The minimum absolute atomic E-state index is 0.455. The molecule has 0 bridgehead atoms. The predicted molar refractivity (Wildman–Crippen MR) is 57.2 cm³/mol. The first-order valence-corrected chi connectivity index (χ1v) is 5.49. The van der Waals surface area contributed by atoms with Gasteiger partial charge in [0.25, 0.3) is 0 Å². The summed E-state index contributed by atoms with van der Waals surface area (Å²) in [6.45, 7) is 2.23. The summed E-state index contributed by atoms with van der Waals surface area (Å²) in [5, 5.41) is 9.72. The Bertz CT molecular complexity index is 333. The molecule has 1 aromatic carbocycles. The first kappa shape index (κ1) is 9.07. The average Bonchev–Trinajstić information content (AvgIpc) is 2.07. The Morgan fingerprint density at radius 3 is 3.00 bits per heavy atom. The highest BCUT2D eigenvalue weighted by atomic mass is 79.9. The van der Waals surface area contributed by atoms with Crippen molar-refractivity contribution in [1.29, 1.82) is 0 Å². The second-order valence-electron chi connectivity index (χ2n) is 3.79. The van der Waals surface area contributed by atoms with Crippen molar-refractivity contribution in [1.82, 2.24) is 0 Å². The second kappa shape index (κ2) is 3.33. The van der Waals surface area contributed by atoms with Crippen LogP contribution in [0.1, 0.15) is 36.8 Å². The lowest BCUT2D eigenvalue weighted by atomic mass is 9.83. The number of aromatic hydroxyl groups is 1. The molecule has 1 aliphatic carbocycles. The van der Waals surface area contributed by atoms with Crippen molar-refractivity contribution in [2.24, 2.45) is 0 Å². The number of hydrogen-bond donors (Lipinski definition) is 1. The Morgan fingerprint density at radius 2 is 2.23 bits per heavy atom. The molecule has 13 heavy (non-hydrogen) atoms. The van der Waals surface area contributed by atoms with Crippen molar-refractivity contribution in [2.75, 3.05) is 0 Å². The summed E-state index contributed by atoms with van der Waals surface area (Å²) in [4.78, 5) is 0. The molecule has 0 saturated heterocycles. The second-order valence-corrected chi connectivity index (χ2v) is 4.70. The van der Waals surface area contributed by atoms with Gasteiger partial charge in [0.15, 0.2) is 0 Å². The molecule has 0 aromatic heterocycles. The van der Waals surface area contributed by atoms with E-state index in [2.05, 4.69) is 28.9 Å². The molecule has 0 spiro atoms. The highest BCUT2D eigenvalue weighted by Gasteiger charge is 2.19. The average molecular weight is 241 g/mol. The van der Waals surface area contributed by atoms with Gasteiger partial charge >= 0.3 is 0 Å². The third kappa shape index (κ3) is 1.60. The van der Waals surface area contributed by atoms with Gasteiger partial charge < -0.3 is 5.11 Å². The van der Waals surface area contributed by atoms with Gasteiger partial charge in [-0.1, -0.05) is 22.9 Å². The van der Waals surface area contributed by atoms with Crippen molar-refractivity contribution in [3.8, 4) is 5.75 Å². The van der Waals surface area contributed by atoms with Gasteiger partial charge in [-0.3, -0.25) is 0 Å². The van der Waals surface area contributed by atoms with E-state index in [1.807, 2.05) is 0 Å². The van der Waals surface area contributed by atoms with E-state index >= 15 is 0 Å². The van der Waals surface area contributed by atoms with E-state index in [1.165, 1.54) is 18.4 Å². The first-order valence-electron chi connectivity index (χ1n) is 4.70. The molecule has 2 heteroatoms. The topological polar surface area (TPSA) is 20.2 Å². The Balaban J connectivity index is 2.56. The van der Waals surface area contributed by atoms with Crippen LogP contribution >= 0.6 is 15.9 Å². The Morgan fingerprint density at radius 1 is 1.46 bits per heavy atom. The summed E-state index contributed by atoms with van der Waals surface area (Å²) in [7, 11) is 0. The monoisotopic (exact) mass is 240 g/mol. The minimum atomic E-state index is 0.455. The zero-order valence-electron chi connectivity index (χ0n) is 7.68. The molecule has 1 aliphatic rings. The standard InChI is InChI=1S/C11H13BrO/c1-7-3-2-4-9-10(7)5-8(12)6-11(9)13/h5-7,13H,2-4H2,1H3. The number of hydrogen-bond acceptors (Lipinski definition) is 1. The van der Waals surface area contributed by atoms with Gasteiger partial charge in [0.05, 0.1) is 0 Å². The molecule has 1 aromatic rings. The molecule has 0 fully saturated rings. The Labute approximate surface area is 86.9 Å². The molecular weight excluding hydrogens is 228 g/mol. The quantitative estimate of drug-likeness (QED) is 0.735. The number of phenolic OH excluding ortho intramolecular Hbond substituents is 1. The first-order chi connectivity index (χ1) is 6.18.